The van der Waals surface area contributed by atoms with Crippen LogP contribution < -0.4 is 5.56 Å². The molecule has 0 atom stereocenters. The van der Waals surface area contributed by atoms with E-state index in [0.717, 1.165) is 21.5 Å². The molecule has 0 aliphatic rings. The Bertz CT molecular complexity index is 1210. The van der Waals surface area contributed by atoms with E-state index in [9.17, 15) is 4.79 Å². The summed E-state index contributed by atoms with van der Waals surface area (Å²) < 4.78 is 1.61. The Hall–Kier alpha value is -2.14. The molecule has 0 unspecified atom stereocenters. The van der Waals surface area contributed by atoms with Crippen molar-refractivity contribution >= 4 is 44.8 Å². The normalized spacial score (nSPS) is 11.5. The Morgan fingerprint density at radius 1 is 1.07 bits per heavy atom. The summed E-state index contributed by atoms with van der Waals surface area (Å²) in [7, 11) is 0. The Morgan fingerprint density at radius 3 is 2.50 bits per heavy atom. The molecule has 0 aliphatic carbocycles. The molecule has 3 nitrogen and oxygen atoms in total. The molecule has 0 radical (unpaired) electrons. The zero-order chi connectivity index (χ0) is 19.8. The summed E-state index contributed by atoms with van der Waals surface area (Å²) in [6.07, 6.45) is 1.59. The van der Waals surface area contributed by atoms with E-state index in [-0.39, 0.29) is 5.56 Å². The third-order valence-electron chi connectivity index (χ3n) is 4.79. The van der Waals surface area contributed by atoms with Crippen molar-refractivity contribution in [2.24, 2.45) is 0 Å². The highest BCUT2D eigenvalue weighted by atomic mass is 35.5. The van der Waals surface area contributed by atoms with Crippen LogP contribution in [0, 0.1) is 0 Å². The van der Waals surface area contributed by atoms with Crippen molar-refractivity contribution in [2.45, 2.75) is 26.3 Å². The number of halogens is 2. The number of rotatable bonds is 4. The lowest BCUT2D eigenvalue weighted by Gasteiger charge is -2.08. The van der Waals surface area contributed by atoms with Gasteiger partial charge in [0.2, 0.25) is 0 Å². The first-order chi connectivity index (χ1) is 13.4. The first-order valence-electron chi connectivity index (χ1n) is 8.95. The summed E-state index contributed by atoms with van der Waals surface area (Å²) in [5, 5.41) is 3.64. The number of benzene rings is 2. The number of fused-ring (bicyclic) bond motifs is 1. The quantitative estimate of drug-likeness (QED) is 0.366. The fourth-order valence-corrected chi connectivity index (χ4v) is 4.40. The van der Waals surface area contributed by atoms with Gasteiger partial charge in [0.05, 0.1) is 28.3 Å². The summed E-state index contributed by atoms with van der Waals surface area (Å²) in [5.74, 6) is 0.471. The van der Waals surface area contributed by atoms with Gasteiger partial charge < -0.3 is 0 Å². The molecule has 0 saturated carbocycles. The van der Waals surface area contributed by atoms with Crippen LogP contribution in [0.2, 0.25) is 10.0 Å². The average Bonchev–Trinajstić information content (AvgIpc) is 3.12. The smallest absolute Gasteiger partial charge is 0.263 e. The van der Waals surface area contributed by atoms with E-state index in [4.69, 9.17) is 23.2 Å². The van der Waals surface area contributed by atoms with E-state index >= 15 is 0 Å². The highest BCUT2D eigenvalue weighted by molar-refractivity contribution is 7.17. The highest BCUT2D eigenvalue weighted by Crippen LogP contribution is 2.31. The average molecular weight is 429 g/mol. The molecule has 4 aromatic rings. The molecule has 2 heterocycles. The molecule has 0 fully saturated rings. The molecule has 0 N–H and O–H groups in total. The summed E-state index contributed by atoms with van der Waals surface area (Å²) in [5.41, 5.74) is 4.08. The maximum Gasteiger partial charge on any atom is 0.263 e. The topological polar surface area (TPSA) is 34.9 Å². The molecule has 0 saturated heterocycles. The summed E-state index contributed by atoms with van der Waals surface area (Å²) >= 11 is 13.6. The lowest BCUT2D eigenvalue weighted by molar-refractivity contribution is 0.749. The minimum Gasteiger partial charge on any atom is -0.294 e. The molecule has 4 rings (SSSR count). The molecule has 6 heteroatoms. The SMILES string of the molecule is CC(C)c1ccc(-c2csc3ncn(Cc4ccc(Cl)c(Cl)c4)c(=O)c23)cc1. The third-order valence-corrected chi connectivity index (χ3v) is 6.41. The van der Waals surface area contributed by atoms with Crippen LogP contribution in [0.25, 0.3) is 21.3 Å². The fraction of sp³-hybridized carbons (Fsp3) is 0.182. The van der Waals surface area contributed by atoms with Gasteiger partial charge in [0.15, 0.2) is 0 Å². The van der Waals surface area contributed by atoms with E-state index in [1.165, 1.54) is 16.9 Å². The molecule has 2 aromatic heterocycles. The predicted octanol–water partition coefficient (Wildman–Crippen LogP) is 6.60. The number of hydrogen-bond acceptors (Lipinski definition) is 3. The standard InChI is InChI=1S/C22H18Cl2N2OS/c1-13(2)15-4-6-16(7-5-15)17-11-28-21-20(17)22(27)26(12-25-21)10-14-3-8-18(23)19(24)9-14/h3-9,11-13H,10H2,1-2H3. The van der Waals surface area contributed by atoms with Crippen molar-refractivity contribution in [2.75, 3.05) is 0 Å². The van der Waals surface area contributed by atoms with Gasteiger partial charge in [0.25, 0.3) is 5.56 Å². The molecular formula is C22H18Cl2N2OS. The summed E-state index contributed by atoms with van der Waals surface area (Å²) in [6.45, 7) is 4.72. The van der Waals surface area contributed by atoms with Gasteiger partial charge in [-0.1, -0.05) is 67.4 Å². The van der Waals surface area contributed by atoms with E-state index < -0.39 is 0 Å². The van der Waals surface area contributed by atoms with Crippen molar-refractivity contribution in [3.8, 4) is 11.1 Å². The number of hydrogen-bond donors (Lipinski definition) is 0. The number of aromatic nitrogens is 2. The molecule has 0 amide bonds. The molecule has 2 aromatic carbocycles. The van der Waals surface area contributed by atoms with Gasteiger partial charge in [-0.15, -0.1) is 11.3 Å². The van der Waals surface area contributed by atoms with Crippen molar-refractivity contribution in [1.29, 1.82) is 0 Å². The predicted molar refractivity (Wildman–Crippen MR) is 119 cm³/mol. The molecule has 0 spiro atoms. The first kappa shape index (κ1) is 19.2. The van der Waals surface area contributed by atoms with Crippen molar-refractivity contribution in [1.82, 2.24) is 9.55 Å². The van der Waals surface area contributed by atoms with Gasteiger partial charge in [-0.25, -0.2) is 4.98 Å². The van der Waals surface area contributed by atoms with Crippen LogP contribution in [-0.4, -0.2) is 9.55 Å². The molecule has 0 aliphatic heterocycles. The monoisotopic (exact) mass is 428 g/mol. The second kappa shape index (κ2) is 7.70. The van der Waals surface area contributed by atoms with Crippen LogP contribution >= 0.6 is 34.5 Å². The van der Waals surface area contributed by atoms with Crippen molar-refractivity contribution in [3.63, 3.8) is 0 Å². The Morgan fingerprint density at radius 2 is 1.82 bits per heavy atom. The number of nitrogens with zero attached hydrogens (tertiary/aromatic N) is 2. The molecule has 0 bridgehead atoms. The fourth-order valence-electron chi connectivity index (χ4n) is 3.17. The Labute approximate surface area is 177 Å². The maximum atomic E-state index is 13.2. The van der Waals surface area contributed by atoms with Crippen LogP contribution in [0.4, 0.5) is 0 Å². The van der Waals surface area contributed by atoms with Crippen LogP contribution in [-0.2, 0) is 6.54 Å². The van der Waals surface area contributed by atoms with E-state index in [1.807, 2.05) is 11.4 Å². The highest BCUT2D eigenvalue weighted by Gasteiger charge is 2.14. The largest absolute Gasteiger partial charge is 0.294 e. The van der Waals surface area contributed by atoms with E-state index in [0.29, 0.717) is 27.9 Å². The van der Waals surface area contributed by atoms with Crippen molar-refractivity contribution < 1.29 is 0 Å². The Kier molecular flexibility index (Phi) is 5.28. The second-order valence-electron chi connectivity index (χ2n) is 7.03. The third kappa shape index (κ3) is 3.60. The minimum absolute atomic E-state index is 0.0553. The van der Waals surface area contributed by atoms with Crippen LogP contribution in [0.3, 0.4) is 0 Å². The Balaban J connectivity index is 1.77. The van der Waals surface area contributed by atoms with Gasteiger partial charge in [-0.05, 0) is 34.7 Å². The van der Waals surface area contributed by atoms with Crippen LogP contribution in [0.15, 0.2) is 59.0 Å². The first-order valence-corrected chi connectivity index (χ1v) is 10.6. The summed E-state index contributed by atoms with van der Waals surface area (Å²) in [6, 6.07) is 13.8. The van der Waals surface area contributed by atoms with Gasteiger partial charge in [-0.2, -0.15) is 0 Å². The molecule has 142 valence electrons. The van der Waals surface area contributed by atoms with E-state index in [2.05, 4.69) is 43.1 Å². The van der Waals surface area contributed by atoms with Gasteiger partial charge >= 0.3 is 0 Å². The zero-order valence-corrected chi connectivity index (χ0v) is 17.8. The molecule has 28 heavy (non-hydrogen) atoms. The van der Waals surface area contributed by atoms with Crippen molar-refractivity contribution in [3.05, 3.63) is 85.7 Å². The summed E-state index contributed by atoms with van der Waals surface area (Å²) in [4.78, 5) is 18.4. The number of thiophene rings is 1. The van der Waals surface area contributed by atoms with Gasteiger partial charge in [-0.3, -0.25) is 9.36 Å². The van der Waals surface area contributed by atoms with Gasteiger partial charge in [0.1, 0.15) is 4.83 Å². The van der Waals surface area contributed by atoms with Gasteiger partial charge in [0, 0.05) is 10.9 Å². The van der Waals surface area contributed by atoms with Crippen LogP contribution in [0.1, 0.15) is 30.9 Å². The molecular weight excluding hydrogens is 411 g/mol. The zero-order valence-electron chi connectivity index (χ0n) is 15.4. The second-order valence-corrected chi connectivity index (χ2v) is 8.70. The van der Waals surface area contributed by atoms with E-state index in [1.54, 1.807) is 23.0 Å². The van der Waals surface area contributed by atoms with Crippen LogP contribution in [0.5, 0.6) is 0 Å². The minimum atomic E-state index is -0.0553. The lowest BCUT2D eigenvalue weighted by atomic mass is 9.99. The lowest BCUT2D eigenvalue weighted by Crippen LogP contribution is -2.21. The maximum absolute atomic E-state index is 13.2.